The van der Waals surface area contributed by atoms with Crippen LogP contribution in [0.15, 0.2) is 17.2 Å². The minimum Gasteiger partial charge on any atom is -0.369 e. The molecule has 0 spiro atoms. The molecule has 1 aliphatic rings. The molecule has 15 heavy (non-hydrogen) atoms. The summed E-state index contributed by atoms with van der Waals surface area (Å²) in [6.45, 7) is 3.20. The standard InChI is InChI=1S/C11H17N3O/c1-11(4-2-3-5-11)7-12-9-6-10(15)14-8-13-9/h6,8H,2-5,7H2,1H3,(H2,12,13,14,15). The largest absolute Gasteiger partial charge is 0.369 e. The first-order valence-electron chi connectivity index (χ1n) is 5.47. The molecule has 2 rings (SSSR count). The van der Waals surface area contributed by atoms with Crippen LogP contribution in [0.5, 0.6) is 0 Å². The summed E-state index contributed by atoms with van der Waals surface area (Å²) in [4.78, 5) is 17.6. The van der Waals surface area contributed by atoms with Gasteiger partial charge in [-0.15, -0.1) is 0 Å². The Hall–Kier alpha value is -1.32. The maximum Gasteiger partial charge on any atom is 0.252 e. The lowest BCUT2D eigenvalue weighted by molar-refractivity contribution is 0.361. The molecular weight excluding hydrogens is 190 g/mol. The maximum absolute atomic E-state index is 11.0. The molecule has 0 atom stereocenters. The Balaban J connectivity index is 1.95. The zero-order valence-electron chi connectivity index (χ0n) is 9.05. The summed E-state index contributed by atoms with van der Waals surface area (Å²) in [6.07, 6.45) is 6.61. The highest BCUT2D eigenvalue weighted by molar-refractivity contribution is 5.31. The summed E-state index contributed by atoms with van der Waals surface area (Å²) in [5.41, 5.74) is 0.272. The second-order valence-corrected chi connectivity index (χ2v) is 4.67. The third kappa shape index (κ3) is 2.58. The highest BCUT2D eigenvalue weighted by Crippen LogP contribution is 2.37. The number of H-pyrrole nitrogens is 1. The van der Waals surface area contributed by atoms with Crippen LogP contribution < -0.4 is 10.9 Å². The van der Waals surface area contributed by atoms with E-state index in [1.807, 2.05) is 0 Å². The minimum atomic E-state index is -0.107. The van der Waals surface area contributed by atoms with E-state index in [9.17, 15) is 4.79 Å². The van der Waals surface area contributed by atoms with Gasteiger partial charge in [0.05, 0.1) is 6.33 Å². The maximum atomic E-state index is 11.0. The van der Waals surface area contributed by atoms with Gasteiger partial charge in [0.2, 0.25) is 0 Å². The fraction of sp³-hybridized carbons (Fsp3) is 0.636. The van der Waals surface area contributed by atoms with Crippen LogP contribution in [0.25, 0.3) is 0 Å². The van der Waals surface area contributed by atoms with Crippen molar-refractivity contribution in [1.82, 2.24) is 9.97 Å². The summed E-state index contributed by atoms with van der Waals surface area (Å²) < 4.78 is 0. The van der Waals surface area contributed by atoms with E-state index in [4.69, 9.17) is 0 Å². The van der Waals surface area contributed by atoms with E-state index in [1.54, 1.807) is 0 Å². The fourth-order valence-corrected chi connectivity index (χ4v) is 2.17. The van der Waals surface area contributed by atoms with Crippen molar-refractivity contribution in [3.05, 3.63) is 22.7 Å². The molecule has 1 saturated carbocycles. The Morgan fingerprint density at radius 2 is 2.27 bits per heavy atom. The van der Waals surface area contributed by atoms with E-state index < -0.39 is 0 Å². The van der Waals surface area contributed by atoms with Crippen molar-refractivity contribution in [2.75, 3.05) is 11.9 Å². The number of aromatic amines is 1. The molecule has 0 aliphatic heterocycles. The topological polar surface area (TPSA) is 57.8 Å². The van der Waals surface area contributed by atoms with Gasteiger partial charge in [0.1, 0.15) is 5.82 Å². The first kappa shape index (κ1) is 10.2. The van der Waals surface area contributed by atoms with Crippen LogP contribution >= 0.6 is 0 Å². The van der Waals surface area contributed by atoms with E-state index in [1.165, 1.54) is 38.1 Å². The van der Waals surface area contributed by atoms with Crippen LogP contribution in [-0.2, 0) is 0 Å². The van der Waals surface area contributed by atoms with Crippen LogP contribution in [0.2, 0.25) is 0 Å². The monoisotopic (exact) mass is 207 g/mol. The molecule has 1 aliphatic carbocycles. The number of nitrogens with zero attached hydrogens (tertiary/aromatic N) is 1. The molecule has 82 valence electrons. The first-order chi connectivity index (χ1) is 7.18. The summed E-state index contributed by atoms with van der Waals surface area (Å²) >= 11 is 0. The van der Waals surface area contributed by atoms with Crippen molar-refractivity contribution < 1.29 is 0 Å². The molecule has 1 aromatic heterocycles. The highest BCUT2D eigenvalue weighted by Gasteiger charge is 2.28. The molecule has 2 N–H and O–H groups in total. The zero-order chi connectivity index (χ0) is 10.7. The van der Waals surface area contributed by atoms with Crippen LogP contribution in [0.3, 0.4) is 0 Å². The SMILES string of the molecule is CC1(CNc2cc(=O)[nH]cn2)CCCC1. The molecule has 1 heterocycles. The van der Waals surface area contributed by atoms with Crippen LogP contribution in [0.1, 0.15) is 32.6 Å². The summed E-state index contributed by atoms with van der Waals surface area (Å²) in [5, 5.41) is 3.24. The normalized spacial score (nSPS) is 19.0. The summed E-state index contributed by atoms with van der Waals surface area (Å²) in [7, 11) is 0. The Labute approximate surface area is 89.1 Å². The van der Waals surface area contributed by atoms with Gasteiger partial charge in [-0.3, -0.25) is 4.79 Å². The molecule has 0 amide bonds. The first-order valence-corrected chi connectivity index (χ1v) is 5.47. The van der Waals surface area contributed by atoms with E-state index >= 15 is 0 Å². The van der Waals surface area contributed by atoms with Gasteiger partial charge in [0.15, 0.2) is 0 Å². The van der Waals surface area contributed by atoms with Crippen molar-refractivity contribution >= 4 is 5.82 Å². The lowest BCUT2D eigenvalue weighted by Gasteiger charge is -2.23. The van der Waals surface area contributed by atoms with Crippen LogP contribution in [0, 0.1) is 5.41 Å². The second kappa shape index (κ2) is 4.04. The van der Waals surface area contributed by atoms with Crippen molar-refractivity contribution in [1.29, 1.82) is 0 Å². The molecule has 0 saturated heterocycles. The van der Waals surface area contributed by atoms with Crippen LogP contribution in [-0.4, -0.2) is 16.5 Å². The molecule has 0 bridgehead atoms. The number of nitrogens with one attached hydrogen (secondary N) is 2. The quantitative estimate of drug-likeness (QED) is 0.794. The highest BCUT2D eigenvalue weighted by atomic mass is 16.1. The molecule has 0 unspecified atom stereocenters. The Morgan fingerprint density at radius 3 is 2.93 bits per heavy atom. The van der Waals surface area contributed by atoms with Gasteiger partial charge in [0.25, 0.3) is 5.56 Å². The average Bonchev–Trinajstić information content (AvgIpc) is 2.63. The smallest absolute Gasteiger partial charge is 0.252 e. The lowest BCUT2D eigenvalue weighted by atomic mass is 9.89. The molecule has 4 nitrogen and oxygen atoms in total. The van der Waals surface area contributed by atoms with Gasteiger partial charge >= 0.3 is 0 Å². The van der Waals surface area contributed by atoms with Crippen molar-refractivity contribution in [3.63, 3.8) is 0 Å². The Morgan fingerprint density at radius 1 is 1.53 bits per heavy atom. The molecular formula is C11H17N3O. The second-order valence-electron chi connectivity index (χ2n) is 4.67. The zero-order valence-corrected chi connectivity index (χ0v) is 9.05. The molecule has 1 fully saturated rings. The van der Waals surface area contributed by atoms with E-state index in [0.717, 1.165) is 6.54 Å². The Kier molecular flexibility index (Phi) is 2.75. The van der Waals surface area contributed by atoms with Gasteiger partial charge in [-0.2, -0.15) is 0 Å². The summed E-state index contributed by atoms with van der Waals surface area (Å²) in [6, 6.07) is 1.50. The minimum absolute atomic E-state index is 0.107. The van der Waals surface area contributed by atoms with Gasteiger partial charge in [-0.05, 0) is 18.3 Å². The van der Waals surface area contributed by atoms with Crippen molar-refractivity contribution in [2.24, 2.45) is 5.41 Å². The van der Waals surface area contributed by atoms with Crippen molar-refractivity contribution in [3.8, 4) is 0 Å². The van der Waals surface area contributed by atoms with Gasteiger partial charge < -0.3 is 10.3 Å². The number of rotatable bonds is 3. The number of anilines is 1. The third-order valence-electron chi connectivity index (χ3n) is 3.19. The van der Waals surface area contributed by atoms with Crippen molar-refractivity contribution in [2.45, 2.75) is 32.6 Å². The average molecular weight is 207 g/mol. The summed E-state index contributed by atoms with van der Waals surface area (Å²) in [5.74, 6) is 0.673. The predicted molar refractivity (Wildman–Crippen MR) is 59.9 cm³/mol. The third-order valence-corrected chi connectivity index (χ3v) is 3.19. The van der Waals surface area contributed by atoms with Gasteiger partial charge in [0, 0.05) is 12.6 Å². The van der Waals surface area contributed by atoms with Gasteiger partial charge in [-0.1, -0.05) is 19.8 Å². The number of hydrogen-bond donors (Lipinski definition) is 2. The number of aromatic nitrogens is 2. The van der Waals surface area contributed by atoms with E-state index in [0.29, 0.717) is 11.2 Å². The number of hydrogen-bond acceptors (Lipinski definition) is 3. The Bertz CT molecular complexity index is 379. The molecule has 1 aromatic rings. The fourth-order valence-electron chi connectivity index (χ4n) is 2.17. The predicted octanol–water partition coefficient (Wildman–Crippen LogP) is 1.76. The molecule has 4 heteroatoms. The molecule has 0 radical (unpaired) electrons. The van der Waals surface area contributed by atoms with E-state index in [2.05, 4.69) is 22.2 Å². The van der Waals surface area contributed by atoms with E-state index in [-0.39, 0.29) is 5.56 Å². The van der Waals surface area contributed by atoms with Gasteiger partial charge in [-0.25, -0.2) is 4.98 Å². The lowest BCUT2D eigenvalue weighted by Crippen LogP contribution is -2.24. The molecule has 0 aromatic carbocycles. The van der Waals surface area contributed by atoms with Crippen LogP contribution in [0.4, 0.5) is 5.82 Å².